The molecule has 0 amide bonds. The summed E-state index contributed by atoms with van der Waals surface area (Å²) in [6.45, 7) is 9.81. The highest BCUT2D eigenvalue weighted by Crippen LogP contribution is 2.59. The van der Waals surface area contributed by atoms with E-state index in [0.29, 0.717) is 0 Å². The van der Waals surface area contributed by atoms with Gasteiger partial charge in [0.1, 0.15) is 16.8 Å². The van der Waals surface area contributed by atoms with E-state index in [2.05, 4.69) is 221 Å². The molecule has 6 nitrogen and oxygen atoms in total. The first-order valence-electron chi connectivity index (χ1n) is 31.1. The Morgan fingerprint density at radius 1 is 0.238 bits per heavy atom. The van der Waals surface area contributed by atoms with Crippen molar-refractivity contribution in [1.82, 2.24) is 14.7 Å². The number of fused-ring (bicyclic) bond motifs is 9. The zero-order valence-corrected chi connectivity index (χ0v) is 48.7. The summed E-state index contributed by atoms with van der Waals surface area (Å²) in [5, 5.41) is 37.6. The van der Waals surface area contributed by atoms with E-state index in [-0.39, 0.29) is 16.2 Å². The molecule has 9 aliphatic heterocycles. The quantitative estimate of drug-likeness (QED) is 0.113. The fraction of sp³-hybridized carbons (Fsp3) is 0.308. The lowest BCUT2D eigenvalue weighted by Gasteiger charge is -2.57. The lowest BCUT2D eigenvalue weighted by atomic mass is 9.56. The van der Waals surface area contributed by atoms with E-state index in [1.165, 1.54) is 16.7 Å². The molecule has 9 heterocycles. The summed E-state index contributed by atoms with van der Waals surface area (Å²) < 4.78 is 0. The lowest BCUT2D eigenvalue weighted by Crippen LogP contribution is -2.58. The van der Waals surface area contributed by atoms with Gasteiger partial charge in [0.25, 0.3) is 0 Å². The number of piperidine rings is 9. The van der Waals surface area contributed by atoms with Crippen LogP contribution in [0.25, 0.3) is 33.4 Å². The third kappa shape index (κ3) is 10.1. The maximum Gasteiger partial charge on any atom is 0.121 e. The Kier molecular flexibility index (Phi) is 15.7. The van der Waals surface area contributed by atoms with Crippen LogP contribution < -0.4 is 0 Å². The molecule has 3 atom stereocenters. The van der Waals surface area contributed by atoms with Gasteiger partial charge in [-0.2, -0.15) is 0 Å². The van der Waals surface area contributed by atoms with Crippen molar-refractivity contribution in [2.75, 3.05) is 58.9 Å². The Morgan fingerprint density at radius 2 is 0.512 bits per heavy atom. The molecule has 9 aromatic rings. The fourth-order valence-electron chi connectivity index (χ4n) is 16.2. The second-order valence-corrected chi connectivity index (χ2v) is 25.1. The Bertz CT molecular complexity index is 3540. The molecule has 0 radical (unpaired) electrons. The minimum absolute atomic E-state index is 0.0859. The van der Waals surface area contributed by atoms with Gasteiger partial charge in [0.15, 0.2) is 0 Å². The summed E-state index contributed by atoms with van der Waals surface area (Å²) in [5.41, 5.74) is 10.0. The largest absolute Gasteiger partial charge is 0.380 e. The Morgan fingerprint density at radius 3 is 0.929 bits per heavy atom. The monoisotopic (exact) mass is 1110 g/mol. The maximum absolute atomic E-state index is 12.7. The molecule has 9 fully saturated rings. The number of hydrogen-bond acceptors (Lipinski definition) is 6. The fourth-order valence-corrected chi connectivity index (χ4v) is 16.2. The van der Waals surface area contributed by atoms with E-state index in [9.17, 15) is 15.3 Å². The van der Waals surface area contributed by atoms with Gasteiger partial charge in [-0.05, 0) is 190 Å². The number of nitrogens with zero attached hydrogens (tertiary/aromatic N) is 3. The van der Waals surface area contributed by atoms with Gasteiger partial charge in [0, 0.05) is 16.2 Å². The summed E-state index contributed by atoms with van der Waals surface area (Å²) in [7, 11) is 0. The second-order valence-electron chi connectivity index (χ2n) is 25.1. The average Bonchev–Trinajstić information content (AvgIpc) is 1.29. The summed E-state index contributed by atoms with van der Waals surface area (Å²) >= 11 is 0. The summed E-state index contributed by atoms with van der Waals surface area (Å²) in [6, 6.07) is 88.1. The van der Waals surface area contributed by atoms with E-state index < -0.39 is 16.8 Å². The predicted molar refractivity (Wildman–Crippen MR) is 342 cm³/mol. The van der Waals surface area contributed by atoms with E-state index in [4.69, 9.17) is 0 Å². The van der Waals surface area contributed by atoms with Crippen LogP contribution in [0.15, 0.2) is 255 Å². The topological polar surface area (TPSA) is 70.4 Å². The van der Waals surface area contributed by atoms with Crippen molar-refractivity contribution in [3.05, 3.63) is 288 Å². The Hall–Kier alpha value is -7.26. The highest BCUT2D eigenvalue weighted by atomic mass is 16.3. The normalized spacial score (nSPS) is 26.0. The molecular weight excluding hydrogens is 1030 g/mol. The van der Waals surface area contributed by atoms with Gasteiger partial charge in [-0.1, -0.05) is 249 Å². The van der Waals surface area contributed by atoms with Crippen LogP contribution in [-0.4, -0.2) is 88.9 Å². The highest BCUT2D eigenvalue weighted by Gasteiger charge is 2.58. The van der Waals surface area contributed by atoms with Gasteiger partial charge < -0.3 is 30.0 Å². The van der Waals surface area contributed by atoms with Crippen molar-refractivity contribution in [1.29, 1.82) is 0 Å². The molecular formula is C78H81N3O3. The van der Waals surface area contributed by atoms with Crippen molar-refractivity contribution in [3.63, 3.8) is 0 Å². The number of aliphatic hydroxyl groups is 3. The van der Waals surface area contributed by atoms with Crippen LogP contribution in [0.1, 0.15) is 91.2 Å². The first kappa shape index (κ1) is 55.9. The molecule has 0 aromatic heterocycles. The van der Waals surface area contributed by atoms with E-state index >= 15 is 0 Å². The van der Waals surface area contributed by atoms with E-state index in [0.717, 1.165) is 167 Å². The van der Waals surface area contributed by atoms with Crippen molar-refractivity contribution in [2.45, 2.75) is 74.6 Å². The van der Waals surface area contributed by atoms with Gasteiger partial charge >= 0.3 is 0 Å². The maximum atomic E-state index is 12.7. The smallest absolute Gasteiger partial charge is 0.121 e. The standard InChI is InChI=1S/3C26H27NO/c28-26(22-11-5-2-6-12-22,25-15-18-27(19-16-25)20-17-25)24-14-8-7-13-23(24)21-9-3-1-4-10-21;28-26(23-11-5-2-6-12-23,25-14-17-27(18-15-25)19-16-25)24-13-7-10-22(20-24)21-8-3-1-4-9-21;28-26(23-9-5-2-6-10-23,25-15-18-27(19-16-25)20-17-25)24-13-11-22(12-14-24)21-7-3-1-4-8-21/h1-14,28H,15-20H2;1-13,20,28H,14-19H2;1-14,28H,15-20H2. The molecule has 9 aromatic carbocycles. The first-order valence-corrected chi connectivity index (χ1v) is 31.1. The number of benzene rings is 9. The molecule has 9 aliphatic rings. The van der Waals surface area contributed by atoms with E-state index in [1.807, 2.05) is 48.5 Å². The summed E-state index contributed by atoms with van der Waals surface area (Å²) in [4.78, 5) is 7.61. The van der Waals surface area contributed by atoms with Crippen LogP contribution >= 0.6 is 0 Å². The second kappa shape index (κ2) is 23.7. The van der Waals surface area contributed by atoms with Crippen LogP contribution in [0.4, 0.5) is 0 Å². The molecule has 3 N–H and O–H groups in total. The van der Waals surface area contributed by atoms with Crippen LogP contribution in [0.2, 0.25) is 0 Å². The molecule has 9 saturated heterocycles. The molecule has 18 rings (SSSR count). The highest BCUT2D eigenvalue weighted by molar-refractivity contribution is 5.70. The molecule has 6 heteroatoms. The third-order valence-corrected chi connectivity index (χ3v) is 21.2. The number of hydrogen-bond donors (Lipinski definition) is 3. The SMILES string of the molecule is OC(c1ccccc1)(c1ccc(-c2ccccc2)cc1)C12CCN(CC1)CC2.OC(c1ccccc1)(c1cccc(-c2ccccc2)c1)C12CCN(CC1)CC2.OC(c1ccccc1)(c1ccccc1-c1ccccc1)C12CCN(CC1)CC2. The summed E-state index contributed by atoms with van der Waals surface area (Å²) in [6.07, 6.45) is 9.44. The van der Waals surface area contributed by atoms with Crippen LogP contribution in [0.3, 0.4) is 0 Å². The molecule has 426 valence electrons. The zero-order chi connectivity index (χ0) is 57.1. The van der Waals surface area contributed by atoms with Gasteiger partial charge in [-0.15, -0.1) is 0 Å². The van der Waals surface area contributed by atoms with Gasteiger partial charge in [-0.3, -0.25) is 0 Å². The van der Waals surface area contributed by atoms with Crippen molar-refractivity contribution >= 4 is 0 Å². The molecule has 0 spiro atoms. The van der Waals surface area contributed by atoms with Crippen molar-refractivity contribution in [2.24, 2.45) is 16.2 Å². The Labute approximate surface area is 498 Å². The van der Waals surface area contributed by atoms with Crippen LogP contribution in [0.5, 0.6) is 0 Å². The van der Waals surface area contributed by atoms with Gasteiger partial charge in [0.05, 0.1) is 0 Å². The molecule has 6 bridgehead atoms. The molecule has 0 saturated carbocycles. The Balaban J connectivity index is 0.000000118. The van der Waals surface area contributed by atoms with Gasteiger partial charge in [0.2, 0.25) is 0 Å². The molecule has 3 unspecified atom stereocenters. The van der Waals surface area contributed by atoms with Gasteiger partial charge in [-0.25, -0.2) is 0 Å². The zero-order valence-electron chi connectivity index (χ0n) is 48.7. The summed E-state index contributed by atoms with van der Waals surface area (Å²) in [5.74, 6) is 0. The predicted octanol–water partition coefficient (Wildman–Crippen LogP) is 15.2. The molecule has 84 heavy (non-hydrogen) atoms. The minimum atomic E-state index is -0.993. The molecule has 0 aliphatic carbocycles. The number of rotatable bonds is 12. The van der Waals surface area contributed by atoms with Crippen molar-refractivity contribution < 1.29 is 15.3 Å². The van der Waals surface area contributed by atoms with E-state index in [1.54, 1.807) is 0 Å². The third-order valence-electron chi connectivity index (χ3n) is 21.2. The first-order chi connectivity index (χ1) is 41.2. The average molecular weight is 1110 g/mol. The van der Waals surface area contributed by atoms with Crippen LogP contribution in [0, 0.1) is 16.2 Å². The van der Waals surface area contributed by atoms with Crippen LogP contribution in [-0.2, 0) is 16.8 Å². The minimum Gasteiger partial charge on any atom is -0.380 e. The van der Waals surface area contributed by atoms with Crippen molar-refractivity contribution in [3.8, 4) is 33.4 Å². The lowest BCUT2D eigenvalue weighted by molar-refractivity contribution is -0.125.